The molecule has 0 atom stereocenters. The highest BCUT2D eigenvalue weighted by atomic mass is 35.5. The fraction of sp³-hybridized carbons (Fsp3) is 0. The van der Waals surface area contributed by atoms with E-state index >= 15 is 0 Å². The Morgan fingerprint density at radius 1 is 1.07 bits per heavy atom. The number of aromatic nitrogens is 3. The number of rotatable bonds is 3. The SMILES string of the molecule is O=C(Nc1nc(-c2ccccn2)nc2sccc12)c1cc2sc(Cl)cc2s1. The van der Waals surface area contributed by atoms with Gasteiger partial charge in [0.15, 0.2) is 5.82 Å². The highest BCUT2D eigenvalue weighted by Gasteiger charge is 2.17. The van der Waals surface area contributed by atoms with Gasteiger partial charge in [-0.25, -0.2) is 9.97 Å². The average molecular weight is 429 g/mol. The first-order valence-corrected chi connectivity index (χ1v) is 10.7. The van der Waals surface area contributed by atoms with Crippen molar-refractivity contribution in [2.45, 2.75) is 0 Å². The molecule has 0 bridgehead atoms. The maximum absolute atomic E-state index is 12.8. The predicted octanol–water partition coefficient (Wildman–Crippen LogP) is 5.94. The third kappa shape index (κ3) is 3.10. The largest absolute Gasteiger partial charge is 0.305 e. The van der Waals surface area contributed by atoms with E-state index in [-0.39, 0.29) is 5.91 Å². The molecule has 27 heavy (non-hydrogen) atoms. The Morgan fingerprint density at radius 3 is 2.78 bits per heavy atom. The number of nitrogens with one attached hydrogen (secondary N) is 1. The molecule has 0 saturated carbocycles. The molecular formula is C18H9ClN4OS3. The maximum atomic E-state index is 12.8. The van der Waals surface area contributed by atoms with Gasteiger partial charge in [0.25, 0.3) is 5.91 Å². The lowest BCUT2D eigenvalue weighted by atomic mass is 10.3. The van der Waals surface area contributed by atoms with E-state index in [4.69, 9.17) is 11.6 Å². The van der Waals surface area contributed by atoms with E-state index in [1.54, 1.807) is 6.20 Å². The van der Waals surface area contributed by atoms with Crippen LogP contribution >= 0.6 is 45.6 Å². The number of halogens is 1. The molecule has 5 rings (SSSR count). The van der Waals surface area contributed by atoms with Crippen molar-refractivity contribution in [1.82, 2.24) is 15.0 Å². The summed E-state index contributed by atoms with van der Waals surface area (Å²) in [5.74, 6) is 0.777. The Morgan fingerprint density at radius 2 is 1.96 bits per heavy atom. The van der Waals surface area contributed by atoms with Crippen molar-refractivity contribution in [2.75, 3.05) is 5.32 Å². The van der Waals surface area contributed by atoms with Gasteiger partial charge in [-0.3, -0.25) is 9.78 Å². The molecule has 0 spiro atoms. The van der Waals surface area contributed by atoms with E-state index in [1.165, 1.54) is 34.0 Å². The van der Waals surface area contributed by atoms with Crippen LogP contribution in [0.1, 0.15) is 9.67 Å². The van der Waals surface area contributed by atoms with Gasteiger partial charge in [0.05, 0.1) is 14.6 Å². The molecule has 5 aromatic rings. The summed E-state index contributed by atoms with van der Waals surface area (Å²) in [6.07, 6.45) is 1.69. The van der Waals surface area contributed by atoms with Crippen LogP contribution in [0.3, 0.4) is 0 Å². The molecule has 0 saturated heterocycles. The second-order valence-electron chi connectivity index (χ2n) is 5.59. The summed E-state index contributed by atoms with van der Waals surface area (Å²) in [5.41, 5.74) is 0.662. The minimum Gasteiger partial charge on any atom is -0.305 e. The van der Waals surface area contributed by atoms with Gasteiger partial charge in [0.1, 0.15) is 16.3 Å². The lowest BCUT2D eigenvalue weighted by Crippen LogP contribution is -2.12. The van der Waals surface area contributed by atoms with E-state index in [2.05, 4.69) is 20.3 Å². The summed E-state index contributed by atoms with van der Waals surface area (Å²) in [4.78, 5) is 27.6. The number of anilines is 1. The van der Waals surface area contributed by atoms with Crippen LogP contribution in [0.4, 0.5) is 5.82 Å². The first kappa shape index (κ1) is 16.8. The summed E-state index contributed by atoms with van der Waals surface area (Å²) >= 11 is 10.4. The van der Waals surface area contributed by atoms with Crippen molar-refractivity contribution in [3.63, 3.8) is 0 Å². The fourth-order valence-corrected chi connectivity index (χ4v) is 5.85. The van der Waals surface area contributed by atoms with Crippen molar-refractivity contribution >= 4 is 77.0 Å². The molecule has 1 N–H and O–H groups in total. The summed E-state index contributed by atoms with van der Waals surface area (Å²) in [5, 5.41) is 5.68. The molecule has 0 aliphatic rings. The van der Waals surface area contributed by atoms with E-state index in [0.29, 0.717) is 22.2 Å². The summed E-state index contributed by atoms with van der Waals surface area (Å²) in [6, 6.07) is 11.2. The number of fused-ring (bicyclic) bond motifs is 2. The Kier molecular flexibility index (Phi) is 4.13. The van der Waals surface area contributed by atoms with Crippen LogP contribution < -0.4 is 5.32 Å². The summed E-state index contributed by atoms with van der Waals surface area (Å²) < 4.78 is 2.74. The predicted molar refractivity (Wildman–Crippen MR) is 113 cm³/mol. The van der Waals surface area contributed by atoms with Gasteiger partial charge >= 0.3 is 0 Å². The number of pyridine rings is 1. The van der Waals surface area contributed by atoms with Crippen LogP contribution in [0.5, 0.6) is 0 Å². The van der Waals surface area contributed by atoms with Gasteiger partial charge in [-0.05, 0) is 35.7 Å². The molecule has 0 aliphatic heterocycles. The summed E-state index contributed by atoms with van der Waals surface area (Å²) in [6.45, 7) is 0. The molecule has 0 aliphatic carbocycles. The standard InChI is InChI=1S/C18H9ClN4OS3/c19-14-8-12-11(27-14)7-13(26-12)17(24)22-15-9-4-6-25-18(9)23-16(21-15)10-3-1-2-5-20-10/h1-8H,(H,21,22,23,24). The molecule has 132 valence electrons. The van der Waals surface area contributed by atoms with Crippen LogP contribution in [0.2, 0.25) is 4.34 Å². The van der Waals surface area contributed by atoms with E-state index < -0.39 is 0 Å². The second kappa shape index (κ2) is 6.65. The first-order valence-electron chi connectivity index (χ1n) is 7.84. The van der Waals surface area contributed by atoms with Gasteiger partial charge in [0, 0.05) is 15.6 Å². The minimum atomic E-state index is -0.197. The number of carbonyl (C=O) groups is 1. The Labute approximate surface area is 170 Å². The smallest absolute Gasteiger partial charge is 0.266 e. The first-order chi connectivity index (χ1) is 13.2. The van der Waals surface area contributed by atoms with Crippen molar-refractivity contribution in [1.29, 1.82) is 0 Å². The Hall–Kier alpha value is -2.39. The monoisotopic (exact) mass is 428 g/mol. The third-order valence-corrected chi connectivity index (χ3v) is 7.08. The van der Waals surface area contributed by atoms with Crippen LogP contribution in [0, 0.1) is 0 Å². The van der Waals surface area contributed by atoms with Gasteiger partial charge in [-0.15, -0.1) is 34.0 Å². The summed E-state index contributed by atoms with van der Waals surface area (Å²) in [7, 11) is 0. The molecule has 0 unspecified atom stereocenters. The molecule has 0 fully saturated rings. The lowest BCUT2D eigenvalue weighted by Gasteiger charge is -2.07. The van der Waals surface area contributed by atoms with E-state index in [0.717, 1.165) is 24.0 Å². The fourth-order valence-electron chi connectivity index (χ4n) is 2.65. The zero-order valence-electron chi connectivity index (χ0n) is 13.5. The highest BCUT2D eigenvalue weighted by molar-refractivity contribution is 7.30. The minimum absolute atomic E-state index is 0.197. The highest BCUT2D eigenvalue weighted by Crippen LogP contribution is 2.36. The quantitative estimate of drug-likeness (QED) is 0.386. The van der Waals surface area contributed by atoms with Crippen LogP contribution in [0.25, 0.3) is 31.1 Å². The maximum Gasteiger partial charge on any atom is 0.266 e. The topological polar surface area (TPSA) is 67.8 Å². The van der Waals surface area contributed by atoms with Crippen LogP contribution in [-0.2, 0) is 0 Å². The number of amides is 1. The van der Waals surface area contributed by atoms with Gasteiger partial charge in [0.2, 0.25) is 0 Å². The van der Waals surface area contributed by atoms with Crippen molar-refractivity contribution < 1.29 is 4.79 Å². The molecule has 5 nitrogen and oxygen atoms in total. The average Bonchev–Trinajstić information content (AvgIpc) is 3.36. The number of hydrogen-bond acceptors (Lipinski definition) is 7. The molecule has 1 amide bonds. The zero-order valence-corrected chi connectivity index (χ0v) is 16.7. The normalized spacial score (nSPS) is 11.3. The van der Waals surface area contributed by atoms with Crippen molar-refractivity contribution in [3.05, 3.63) is 57.2 Å². The number of carbonyl (C=O) groups excluding carboxylic acids is 1. The molecule has 5 heterocycles. The number of nitrogens with zero attached hydrogens (tertiary/aromatic N) is 3. The van der Waals surface area contributed by atoms with Gasteiger partial charge < -0.3 is 5.32 Å². The number of thiophene rings is 3. The number of hydrogen-bond donors (Lipinski definition) is 1. The van der Waals surface area contributed by atoms with Gasteiger partial charge in [-0.2, -0.15) is 0 Å². The molecule has 0 aromatic carbocycles. The van der Waals surface area contributed by atoms with Crippen LogP contribution in [0.15, 0.2) is 48.0 Å². The van der Waals surface area contributed by atoms with Crippen LogP contribution in [-0.4, -0.2) is 20.9 Å². The molecule has 0 radical (unpaired) electrons. The van der Waals surface area contributed by atoms with Crippen molar-refractivity contribution in [2.24, 2.45) is 0 Å². The lowest BCUT2D eigenvalue weighted by molar-refractivity contribution is 0.103. The third-order valence-electron chi connectivity index (χ3n) is 3.85. The molecule has 5 aromatic heterocycles. The second-order valence-corrected chi connectivity index (χ2v) is 9.29. The van der Waals surface area contributed by atoms with Gasteiger partial charge in [-0.1, -0.05) is 17.7 Å². The Bertz CT molecular complexity index is 1260. The van der Waals surface area contributed by atoms with Crippen molar-refractivity contribution in [3.8, 4) is 11.5 Å². The van der Waals surface area contributed by atoms with E-state index in [1.807, 2.05) is 41.8 Å². The Balaban J connectivity index is 1.54. The zero-order chi connectivity index (χ0) is 18.4. The molecule has 9 heteroatoms. The molecular weight excluding hydrogens is 420 g/mol. The van der Waals surface area contributed by atoms with E-state index in [9.17, 15) is 4.79 Å².